The molecule has 4 heteroatoms. The third kappa shape index (κ3) is 3.12. The van der Waals surface area contributed by atoms with Gasteiger partial charge in [-0.3, -0.25) is 0 Å². The van der Waals surface area contributed by atoms with Crippen molar-refractivity contribution in [2.24, 2.45) is 0 Å². The van der Waals surface area contributed by atoms with Crippen molar-refractivity contribution >= 4 is 0 Å². The average molecular weight is 251 g/mol. The minimum Gasteiger partial charge on any atom is -0.394 e. The molecule has 1 atom stereocenters. The third-order valence-electron chi connectivity index (χ3n) is 3.83. The zero-order valence-corrected chi connectivity index (χ0v) is 11.5. The van der Waals surface area contributed by atoms with E-state index in [9.17, 15) is 5.11 Å². The molecule has 0 bridgehead atoms. The van der Waals surface area contributed by atoms with Crippen LogP contribution in [0.1, 0.15) is 63.7 Å². The van der Waals surface area contributed by atoms with Crippen LogP contribution in [0.4, 0.5) is 0 Å². The van der Waals surface area contributed by atoms with Crippen LogP contribution in [0.25, 0.3) is 0 Å². The Hall–Kier alpha value is -0.870. The molecule has 4 nitrogen and oxygen atoms in total. The Bertz CT molecular complexity index is 356. The zero-order valence-electron chi connectivity index (χ0n) is 11.5. The molecule has 0 amide bonds. The molecule has 2 N–H and O–H groups in total. The van der Waals surface area contributed by atoms with E-state index in [1.807, 2.05) is 12.5 Å². The number of aliphatic hydroxyl groups is 1. The Kier molecular flexibility index (Phi) is 4.78. The summed E-state index contributed by atoms with van der Waals surface area (Å²) in [5, 5.41) is 13.2. The second kappa shape index (κ2) is 6.34. The highest BCUT2D eigenvalue weighted by Gasteiger charge is 2.21. The van der Waals surface area contributed by atoms with Crippen LogP contribution < -0.4 is 5.32 Å². The maximum absolute atomic E-state index is 9.63. The molecule has 0 aromatic carbocycles. The highest BCUT2D eigenvalue weighted by atomic mass is 16.3. The summed E-state index contributed by atoms with van der Waals surface area (Å²) in [4.78, 5) is 4.22. The Morgan fingerprint density at radius 1 is 1.39 bits per heavy atom. The monoisotopic (exact) mass is 251 g/mol. The molecule has 0 saturated heterocycles. The van der Waals surface area contributed by atoms with Gasteiger partial charge >= 0.3 is 0 Å². The summed E-state index contributed by atoms with van der Waals surface area (Å²) in [7, 11) is 0. The van der Waals surface area contributed by atoms with E-state index in [1.54, 1.807) is 0 Å². The van der Waals surface area contributed by atoms with E-state index in [0.29, 0.717) is 12.1 Å². The van der Waals surface area contributed by atoms with Crippen molar-refractivity contribution in [1.82, 2.24) is 14.9 Å². The number of aliphatic hydroxyl groups excluding tert-OH is 1. The second-order valence-electron chi connectivity index (χ2n) is 5.56. The Morgan fingerprint density at radius 2 is 2.11 bits per heavy atom. The van der Waals surface area contributed by atoms with Crippen molar-refractivity contribution in [3.63, 3.8) is 0 Å². The van der Waals surface area contributed by atoms with Crippen molar-refractivity contribution in [1.29, 1.82) is 0 Å². The van der Waals surface area contributed by atoms with Gasteiger partial charge in [-0.1, -0.05) is 19.3 Å². The van der Waals surface area contributed by atoms with Crippen LogP contribution in [0.15, 0.2) is 12.5 Å². The van der Waals surface area contributed by atoms with E-state index in [1.165, 1.54) is 32.1 Å². The van der Waals surface area contributed by atoms with Crippen molar-refractivity contribution < 1.29 is 5.11 Å². The first-order chi connectivity index (χ1) is 8.72. The molecule has 1 aliphatic rings. The van der Waals surface area contributed by atoms with Crippen molar-refractivity contribution in [2.45, 2.75) is 64.1 Å². The predicted molar refractivity (Wildman–Crippen MR) is 72.4 cm³/mol. The average Bonchev–Trinajstić information content (AvgIpc) is 2.86. The normalized spacial score (nSPS) is 19.3. The second-order valence-corrected chi connectivity index (χ2v) is 5.56. The molecule has 1 unspecified atom stereocenters. The van der Waals surface area contributed by atoms with Crippen LogP contribution in [0.2, 0.25) is 0 Å². The summed E-state index contributed by atoms with van der Waals surface area (Å²) in [6.07, 6.45) is 10.1. The van der Waals surface area contributed by atoms with Crippen LogP contribution in [0.5, 0.6) is 0 Å². The maximum Gasteiger partial charge on any atom is 0.0951 e. The van der Waals surface area contributed by atoms with Gasteiger partial charge in [0.15, 0.2) is 0 Å². The first-order valence-electron chi connectivity index (χ1n) is 7.11. The molecule has 0 spiro atoms. The Morgan fingerprint density at radius 3 is 2.72 bits per heavy atom. The van der Waals surface area contributed by atoms with Gasteiger partial charge in [0.1, 0.15) is 0 Å². The van der Waals surface area contributed by atoms with E-state index in [2.05, 4.69) is 28.7 Å². The SMILES string of the molecule is CC(C)n1cncc1C(CO)NC1CCCCC1. The van der Waals surface area contributed by atoms with Gasteiger partial charge in [-0.15, -0.1) is 0 Å². The summed E-state index contributed by atoms with van der Waals surface area (Å²) in [6, 6.07) is 0.939. The first-order valence-corrected chi connectivity index (χ1v) is 7.11. The van der Waals surface area contributed by atoms with Crippen LogP contribution >= 0.6 is 0 Å². The standard InChI is InChI=1S/C14H25N3O/c1-11(2)17-10-15-8-14(17)13(9-18)16-12-6-4-3-5-7-12/h8,10-13,16,18H,3-7,9H2,1-2H3. The van der Waals surface area contributed by atoms with Crippen LogP contribution in [0, 0.1) is 0 Å². The molecular formula is C14H25N3O. The van der Waals surface area contributed by atoms with Gasteiger partial charge in [0, 0.05) is 18.3 Å². The van der Waals surface area contributed by atoms with Gasteiger partial charge in [-0.05, 0) is 26.7 Å². The van der Waals surface area contributed by atoms with Gasteiger partial charge in [0.25, 0.3) is 0 Å². The summed E-state index contributed by atoms with van der Waals surface area (Å²) >= 11 is 0. The smallest absolute Gasteiger partial charge is 0.0951 e. The summed E-state index contributed by atoms with van der Waals surface area (Å²) in [6.45, 7) is 4.41. The van der Waals surface area contributed by atoms with Crippen LogP contribution in [-0.4, -0.2) is 27.3 Å². The quantitative estimate of drug-likeness (QED) is 0.845. The van der Waals surface area contributed by atoms with Gasteiger partial charge in [-0.2, -0.15) is 0 Å². The molecule has 0 radical (unpaired) electrons. The third-order valence-corrected chi connectivity index (χ3v) is 3.83. The first kappa shape index (κ1) is 13.6. The molecular weight excluding hydrogens is 226 g/mol. The lowest BCUT2D eigenvalue weighted by molar-refractivity contribution is 0.214. The zero-order chi connectivity index (χ0) is 13.0. The minimum atomic E-state index is 0.0120. The molecule has 1 aliphatic carbocycles. The van der Waals surface area contributed by atoms with E-state index in [0.717, 1.165) is 5.69 Å². The topological polar surface area (TPSA) is 50.1 Å². The highest BCUT2D eigenvalue weighted by Crippen LogP contribution is 2.22. The number of nitrogens with zero attached hydrogens (tertiary/aromatic N) is 2. The largest absolute Gasteiger partial charge is 0.394 e. The fraction of sp³-hybridized carbons (Fsp3) is 0.786. The number of nitrogens with one attached hydrogen (secondary N) is 1. The number of hydrogen-bond acceptors (Lipinski definition) is 3. The molecule has 1 fully saturated rings. The van der Waals surface area contributed by atoms with E-state index in [-0.39, 0.29) is 12.6 Å². The number of aromatic nitrogens is 2. The van der Waals surface area contributed by atoms with Crippen LogP contribution in [-0.2, 0) is 0 Å². The lowest BCUT2D eigenvalue weighted by Gasteiger charge is -2.28. The van der Waals surface area contributed by atoms with E-state index < -0.39 is 0 Å². The van der Waals surface area contributed by atoms with E-state index >= 15 is 0 Å². The van der Waals surface area contributed by atoms with Crippen molar-refractivity contribution in [3.05, 3.63) is 18.2 Å². The Balaban J connectivity index is 2.05. The molecule has 0 aliphatic heterocycles. The Labute approximate surface area is 109 Å². The molecule has 1 saturated carbocycles. The molecule has 18 heavy (non-hydrogen) atoms. The van der Waals surface area contributed by atoms with Gasteiger partial charge in [0.2, 0.25) is 0 Å². The molecule has 1 aromatic heterocycles. The van der Waals surface area contributed by atoms with Crippen LogP contribution in [0.3, 0.4) is 0 Å². The summed E-state index contributed by atoms with van der Waals surface area (Å²) in [5.74, 6) is 0. The van der Waals surface area contributed by atoms with Gasteiger partial charge < -0.3 is 15.0 Å². The van der Waals surface area contributed by atoms with Crippen molar-refractivity contribution in [2.75, 3.05) is 6.61 Å². The molecule has 2 rings (SSSR count). The minimum absolute atomic E-state index is 0.0120. The highest BCUT2D eigenvalue weighted by molar-refractivity contribution is 5.07. The molecule has 1 heterocycles. The van der Waals surface area contributed by atoms with Gasteiger partial charge in [-0.25, -0.2) is 4.98 Å². The number of imidazole rings is 1. The number of rotatable bonds is 5. The lowest BCUT2D eigenvalue weighted by Crippen LogP contribution is -2.37. The molecule has 102 valence electrons. The molecule has 1 aromatic rings. The van der Waals surface area contributed by atoms with Gasteiger partial charge in [0.05, 0.1) is 24.7 Å². The van der Waals surface area contributed by atoms with Crippen molar-refractivity contribution in [3.8, 4) is 0 Å². The number of hydrogen-bond donors (Lipinski definition) is 2. The fourth-order valence-corrected chi connectivity index (χ4v) is 2.80. The predicted octanol–water partition coefficient (Wildman–Crippen LogP) is 2.42. The van der Waals surface area contributed by atoms with E-state index in [4.69, 9.17) is 0 Å². The fourth-order valence-electron chi connectivity index (χ4n) is 2.80. The lowest BCUT2D eigenvalue weighted by atomic mass is 9.94. The summed E-state index contributed by atoms with van der Waals surface area (Å²) < 4.78 is 2.14. The summed E-state index contributed by atoms with van der Waals surface area (Å²) in [5.41, 5.74) is 1.10. The maximum atomic E-state index is 9.63.